The Labute approximate surface area is 249 Å². The minimum Gasteiger partial charge on any atom is -0.393 e. The van der Waals surface area contributed by atoms with Crippen LogP contribution >= 0.6 is 0 Å². The van der Waals surface area contributed by atoms with Crippen LogP contribution < -0.4 is 0 Å². The van der Waals surface area contributed by atoms with Crippen LogP contribution in [0.1, 0.15) is 180 Å². The van der Waals surface area contributed by atoms with Crippen molar-refractivity contribution in [2.75, 3.05) is 0 Å². The van der Waals surface area contributed by atoms with Gasteiger partial charge in [0.05, 0.1) is 24.4 Å². The van der Waals surface area contributed by atoms with E-state index in [0.717, 1.165) is 51.4 Å². The van der Waals surface area contributed by atoms with Crippen molar-refractivity contribution in [1.29, 1.82) is 0 Å². The largest absolute Gasteiger partial charge is 0.393 e. The molecule has 37 heavy (non-hydrogen) atoms. The summed E-state index contributed by atoms with van der Waals surface area (Å²) < 4.78 is 0. The zero-order valence-electron chi connectivity index (χ0n) is 24.4. The smallest absolute Gasteiger partial charge is 0.0540 e. The summed E-state index contributed by atoms with van der Waals surface area (Å²) in [5.41, 5.74) is 0. The van der Waals surface area contributed by atoms with Gasteiger partial charge in [0.25, 0.3) is 0 Å². The van der Waals surface area contributed by atoms with Crippen LogP contribution in [0.25, 0.3) is 0 Å². The van der Waals surface area contributed by atoms with Gasteiger partial charge in [0.1, 0.15) is 0 Å². The molecular weight excluding hydrogens is 627 g/mol. The van der Waals surface area contributed by atoms with E-state index >= 15 is 0 Å². The maximum atomic E-state index is 9.21. The van der Waals surface area contributed by atoms with E-state index in [9.17, 15) is 20.4 Å². The molecule has 4 saturated carbocycles. The molecule has 4 nitrogen and oxygen atoms in total. The Morgan fingerprint density at radius 1 is 0.216 bits per heavy atom. The van der Waals surface area contributed by atoms with E-state index in [1.165, 1.54) is 128 Å². The van der Waals surface area contributed by atoms with Crippen molar-refractivity contribution in [3.05, 3.63) is 0 Å². The van der Waals surface area contributed by atoms with Gasteiger partial charge >= 0.3 is 0 Å². The molecule has 0 aromatic heterocycles. The van der Waals surface area contributed by atoms with Crippen molar-refractivity contribution in [2.24, 2.45) is 0 Å². The van der Waals surface area contributed by atoms with E-state index in [-0.39, 0.29) is 50.3 Å². The molecule has 0 aliphatic heterocycles. The second-order valence-electron chi connectivity index (χ2n) is 12.0. The molecule has 4 fully saturated rings. The SMILES string of the molecule is OC1CCCCCCC1.OC1CCCCCCC1.OC1CCCCCCC1.OC1CCCCCCC1.[Hf]. The summed E-state index contributed by atoms with van der Waals surface area (Å²) in [7, 11) is 0. The summed E-state index contributed by atoms with van der Waals surface area (Å²) in [5.74, 6) is 0. The van der Waals surface area contributed by atoms with Gasteiger partial charge in [0.2, 0.25) is 0 Å². The van der Waals surface area contributed by atoms with Gasteiger partial charge in [0, 0.05) is 25.8 Å². The first-order valence-corrected chi connectivity index (χ1v) is 16.3. The Balaban J connectivity index is 0.000000463. The van der Waals surface area contributed by atoms with Crippen LogP contribution in [0.4, 0.5) is 0 Å². The molecule has 0 spiro atoms. The standard InChI is InChI=1S/4C8H16O.Hf/c4*9-8-6-4-2-1-3-5-7-8;/h4*8-9H,1-7H2;. The molecule has 4 aliphatic rings. The number of hydrogen-bond acceptors (Lipinski definition) is 4. The van der Waals surface area contributed by atoms with Crippen LogP contribution in [0.2, 0.25) is 0 Å². The van der Waals surface area contributed by atoms with Crippen LogP contribution in [-0.4, -0.2) is 44.8 Å². The Morgan fingerprint density at radius 3 is 0.459 bits per heavy atom. The zero-order chi connectivity index (χ0) is 26.1. The molecule has 0 aromatic carbocycles. The molecule has 4 aliphatic carbocycles. The maximum Gasteiger partial charge on any atom is 0.0540 e. The molecule has 0 bridgehead atoms. The quantitative estimate of drug-likeness (QED) is 0.193. The van der Waals surface area contributed by atoms with Crippen molar-refractivity contribution in [2.45, 2.75) is 204 Å². The summed E-state index contributed by atoms with van der Waals surface area (Å²) in [6.45, 7) is 0. The van der Waals surface area contributed by atoms with E-state index in [1.54, 1.807) is 0 Å². The molecule has 4 rings (SSSR count). The second kappa shape index (κ2) is 28.2. The second-order valence-corrected chi connectivity index (χ2v) is 12.0. The van der Waals surface area contributed by atoms with Crippen molar-refractivity contribution < 1.29 is 46.3 Å². The van der Waals surface area contributed by atoms with Crippen LogP contribution in [0.15, 0.2) is 0 Å². The fourth-order valence-electron chi connectivity index (χ4n) is 5.74. The van der Waals surface area contributed by atoms with E-state index in [2.05, 4.69) is 0 Å². The van der Waals surface area contributed by atoms with Crippen molar-refractivity contribution >= 4 is 0 Å². The molecule has 5 heteroatoms. The molecule has 0 saturated heterocycles. The fraction of sp³-hybridized carbons (Fsp3) is 1.00. The maximum absolute atomic E-state index is 9.21. The van der Waals surface area contributed by atoms with Crippen molar-refractivity contribution in [1.82, 2.24) is 0 Å². The van der Waals surface area contributed by atoms with Gasteiger partial charge in [-0.15, -0.1) is 0 Å². The predicted molar refractivity (Wildman–Crippen MR) is 153 cm³/mol. The number of aliphatic hydroxyl groups excluding tert-OH is 4. The molecular formula is C32H64HfO4. The molecule has 0 atom stereocenters. The molecule has 0 aromatic rings. The first kappa shape index (κ1) is 37.7. The van der Waals surface area contributed by atoms with E-state index in [1.807, 2.05) is 0 Å². The van der Waals surface area contributed by atoms with Gasteiger partial charge in [-0.3, -0.25) is 0 Å². The van der Waals surface area contributed by atoms with E-state index in [4.69, 9.17) is 0 Å². The summed E-state index contributed by atoms with van der Waals surface area (Å²) in [6, 6.07) is 0. The predicted octanol–water partition coefficient (Wildman–Crippen LogP) is 8.36. The Bertz CT molecular complexity index is 339. The first-order valence-electron chi connectivity index (χ1n) is 16.3. The zero-order valence-corrected chi connectivity index (χ0v) is 28.0. The molecule has 0 heterocycles. The van der Waals surface area contributed by atoms with Gasteiger partial charge in [-0.1, -0.05) is 128 Å². The average Bonchev–Trinajstić information content (AvgIpc) is 2.80. The number of aliphatic hydroxyl groups is 4. The van der Waals surface area contributed by atoms with Gasteiger partial charge in [-0.05, 0) is 51.4 Å². The minimum atomic E-state index is 0. The molecule has 220 valence electrons. The molecule has 0 radical (unpaired) electrons. The van der Waals surface area contributed by atoms with Gasteiger partial charge in [-0.2, -0.15) is 0 Å². The Hall–Kier alpha value is 0.710. The van der Waals surface area contributed by atoms with Crippen LogP contribution in [-0.2, 0) is 25.8 Å². The molecule has 0 unspecified atom stereocenters. The minimum absolute atomic E-state index is 0. The molecule has 4 N–H and O–H groups in total. The number of hydrogen-bond donors (Lipinski definition) is 4. The monoisotopic (exact) mass is 692 g/mol. The van der Waals surface area contributed by atoms with Crippen molar-refractivity contribution in [3.63, 3.8) is 0 Å². The van der Waals surface area contributed by atoms with E-state index < -0.39 is 0 Å². The van der Waals surface area contributed by atoms with E-state index in [0.29, 0.717) is 0 Å². The topological polar surface area (TPSA) is 80.9 Å². The van der Waals surface area contributed by atoms with Gasteiger partial charge < -0.3 is 20.4 Å². The van der Waals surface area contributed by atoms with Crippen LogP contribution in [0, 0.1) is 0 Å². The average molecular weight is 691 g/mol. The third-order valence-corrected chi connectivity index (χ3v) is 8.30. The fourth-order valence-corrected chi connectivity index (χ4v) is 5.74. The first-order chi connectivity index (χ1) is 17.6. The molecule has 0 amide bonds. The summed E-state index contributed by atoms with van der Waals surface area (Å²) in [6.07, 6.45) is 34.5. The van der Waals surface area contributed by atoms with Crippen LogP contribution in [0.3, 0.4) is 0 Å². The Morgan fingerprint density at radius 2 is 0.324 bits per heavy atom. The summed E-state index contributed by atoms with van der Waals surface area (Å²) in [4.78, 5) is 0. The van der Waals surface area contributed by atoms with Crippen molar-refractivity contribution in [3.8, 4) is 0 Å². The summed E-state index contributed by atoms with van der Waals surface area (Å²) in [5, 5.41) is 36.9. The number of rotatable bonds is 0. The summed E-state index contributed by atoms with van der Waals surface area (Å²) >= 11 is 0. The van der Waals surface area contributed by atoms with Gasteiger partial charge in [-0.25, -0.2) is 0 Å². The third kappa shape index (κ3) is 26.7. The normalized spacial score (nSPS) is 24.3. The third-order valence-electron chi connectivity index (χ3n) is 8.30. The van der Waals surface area contributed by atoms with Gasteiger partial charge in [0.15, 0.2) is 0 Å². The Kier molecular flexibility index (Phi) is 28.8. The van der Waals surface area contributed by atoms with Crippen LogP contribution in [0.5, 0.6) is 0 Å².